The van der Waals surface area contributed by atoms with Gasteiger partial charge in [0.05, 0.1) is 0 Å². The van der Waals surface area contributed by atoms with Crippen LogP contribution in [0, 0.1) is 0 Å². The van der Waals surface area contributed by atoms with E-state index in [-0.39, 0.29) is 0 Å². The molecule has 0 amide bonds. The van der Waals surface area contributed by atoms with Gasteiger partial charge in [0.1, 0.15) is 0 Å². The number of azide groups is 1. The lowest BCUT2D eigenvalue weighted by molar-refractivity contribution is 0.555. The standard InChI is InChI=1S/C10H9N5O2/c11-15-13-4-2-1-3-7-5-8-9(12-6-7)14-10(16)17-8/h1,3,5-6H,2,4H2,(H,12,14,16). The number of nitrogens with one attached hydrogen (secondary N) is 1. The third kappa shape index (κ3) is 2.73. The maximum Gasteiger partial charge on any atom is 0.418 e. The third-order valence-corrected chi connectivity index (χ3v) is 2.07. The lowest BCUT2D eigenvalue weighted by Crippen LogP contribution is -1.93. The summed E-state index contributed by atoms with van der Waals surface area (Å²) in [5.41, 5.74) is 9.76. The van der Waals surface area contributed by atoms with Gasteiger partial charge < -0.3 is 4.42 Å². The second-order valence-corrected chi connectivity index (χ2v) is 3.28. The molecule has 86 valence electrons. The molecule has 17 heavy (non-hydrogen) atoms. The molecule has 0 atom stereocenters. The number of oxazole rings is 1. The fourth-order valence-electron chi connectivity index (χ4n) is 1.34. The van der Waals surface area contributed by atoms with Gasteiger partial charge in [-0.2, -0.15) is 0 Å². The molecule has 0 radical (unpaired) electrons. The maximum absolute atomic E-state index is 10.9. The smallest absolute Gasteiger partial charge is 0.406 e. The van der Waals surface area contributed by atoms with E-state index in [1.807, 2.05) is 12.2 Å². The minimum atomic E-state index is -0.517. The van der Waals surface area contributed by atoms with Crippen molar-refractivity contribution in [1.82, 2.24) is 9.97 Å². The summed E-state index contributed by atoms with van der Waals surface area (Å²) in [4.78, 5) is 20.0. The van der Waals surface area contributed by atoms with E-state index in [1.165, 1.54) is 0 Å². The Morgan fingerprint density at radius 2 is 2.53 bits per heavy atom. The second-order valence-electron chi connectivity index (χ2n) is 3.28. The molecule has 0 unspecified atom stereocenters. The molecule has 2 aromatic rings. The van der Waals surface area contributed by atoms with E-state index in [0.717, 1.165) is 5.56 Å². The molecular weight excluding hydrogens is 222 g/mol. The van der Waals surface area contributed by atoms with Crippen molar-refractivity contribution in [2.75, 3.05) is 6.54 Å². The first-order valence-corrected chi connectivity index (χ1v) is 4.96. The van der Waals surface area contributed by atoms with Gasteiger partial charge in [0.15, 0.2) is 11.2 Å². The number of hydrogen-bond donors (Lipinski definition) is 1. The molecule has 0 saturated heterocycles. The Morgan fingerprint density at radius 1 is 1.65 bits per heavy atom. The number of H-pyrrole nitrogens is 1. The lowest BCUT2D eigenvalue weighted by atomic mass is 10.2. The van der Waals surface area contributed by atoms with Crippen LogP contribution in [-0.4, -0.2) is 16.5 Å². The molecule has 0 aliphatic carbocycles. The predicted octanol–water partition coefficient (Wildman–Crippen LogP) is 2.23. The van der Waals surface area contributed by atoms with E-state index < -0.39 is 5.76 Å². The highest BCUT2D eigenvalue weighted by atomic mass is 16.4. The van der Waals surface area contributed by atoms with Crippen LogP contribution in [0.3, 0.4) is 0 Å². The molecule has 0 spiro atoms. The molecule has 2 aromatic heterocycles. The normalized spacial score (nSPS) is 10.8. The number of aromatic amines is 1. The van der Waals surface area contributed by atoms with Crippen LogP contribution in [0.2, 0.25) is 0 Å². The van der Waals surface area contributed by atoms with E-state index in [2.05, 4.69) is 20.0 Å². The van der Waals surface area contributed by atoms with Gasteiger partial charge in [0.25, 0.3) is 0 Å². The van der Waals surface area contributed by atoms with E-state index in [4.69, 9.17) is 9.95 Å². The first kappa shape index (κ1) is 11.0. The van der Waals surface area contributed by atoms with Crippen molar-refractivity contribution in [2.24, 2.45) is 5.11 Å². The second kappa shape index (κ2) is 5.00. The highest BCUT2D eigenvalue weighted by Gasteiger charge is 2.01. The summed E-state index contributed by atoms with van der Waals surface area (Å²) in [6.07, 6.45) is 5.96. The quantitative estimate of drug-likeness (QED) is 0.377. The van der Waals surface area contributed by atoms with Crippen LogP contribution in [-0.2, 0) is 0 Å². The summed E-state index contributed by atoms with van der Waals surface area (Å²) in [6.45, 7) is 0.419. The SMILES string of the molecule is [N-]=[N+]=NCCC=Cc1cnc2[nH]c(=O)oc2c1. The fourth-order valence-corrected chi connectivity index (χ4v) is 1.34. The zero-order valence-corrected chi connectivity index (χ0v) is 8.83. The highest BCUT2D eigenvalue weighted by molar-refractivity contribution is 5.70. The van der Waals surface area contributed by atoms with Crippen LogP contribution in [0.25, 0.3) is 27.7 Å². The van der Waals surface area contributed by atoms with Crippen molar-refractivity contribution in [3.05, 3.63) is 44.9 Å². The van der Waals surface area contributed by atoms with Gasteiger partial charge in [-0.1, -0.05) is 17.3 Å². The fraction of sp³-hybridized carbons (Fsp3) is 0.200. The van der Waals surface area contributed by atoms with E-state index in [9.17, 15) is 4.79 Å². The summed E-state index contributed by atoms with van der Waals surface area (Å²) in [5.74, 6) is -0.517. The van der Waals surface area contributed by atoms with Crippen LogP contribution in [0.4, 0.5) is 0 Å². The molecule has 0 aliphatic heterocycles. The minimum absolute atomic E-state index is 0.419. The van der Waals surface area contributed by atoms with Crippen LogP contribution in [0.15, 0.2) is 32.7 Å². The molecular formula is C10H9N5O2. The number of nitrogens with zero attached hydrogens (tertiary/aromatic N) is 4. The highest BCUT2D eigenvalue weighted by Crippen LogP contribution is 2.10. The van der Waals surface area contributed by atoms with E-state index in [0.29, 0.717) is 24.2 Å². The Hall–Kier alpha value is -2.53. The van der Waals surface area contributed by atoms with Gasteiger partial charge in [0, 0.05) is 17.7 Å². The van der Waals surface area contributed by atoms with E-state index in [1.54, 1.807) is 12.3 Å². The largest absolute Gasteiger partial charge is 0.418 e. The summed E-state index contributed by atoms with van der Waals surface area (Å²) < 4.78 is 4.88. The molecule has 2 heterocycles. The topological polar surface area (TPSA) is 108 Å². The summed E-state index contributed by atoms with van der Waals surface area (Å²) in [6, 6.07) is 1.71. The van der Waals surface area contributed by atoms with Gasteiger partial charge in [-0.3, -0.25) is 4.98 Å². The van der Waals surface area contributed by atoms with Crippen molar-refractivity contribution in [1.29, 1.82) is 0 Å². The minimum Gasteiger partial charge on any atom is -0.406 e. The summed E-state index contributed by atoms with van der Waals surface area (Å²) >= 11 is 0. The predicted molar refractivity (Wildman–Crippen MR) is 62.3 cm³/mol. The number of pyridine rings is 1. The molecule has 0 fully saturated rings. The Morgan fingerprint density at radius 3 is 3.35 bits per heavy atom. The van der Waals surface area contributed by atoms with Crippen molar-refractivity contribution < 1.29 is 4.42 Å². The Kier molecular flexibility index (Phi) is 3.23. The third-order valence-electron chi connectivity index (χ3n) is 2.07. The van der Waals surface area contributed by atoms with E-state index >= 15 is 0 Å². The van der Waals surface area contributed by atoms with Crippen molar-refractivity contribution in [3.63, 3.8) is 0 Å². The monoisotopic (exact) mass is 231 g/mol. The molecule has 2 rings (SSSR count). The average molecular weight is 231 g/mol. The van der Waals surface area contributed by atoms with Crippen LogP contribution < -0.4 is 5.76 Å². The molecule has 0 aromatic carbocycles. The molecule has 1 N–H and O–H groups in total. The number of rotatable bonds is 4. The lowest BCUT2D eigenvalue weighted by Gasteiger charge is -1.91. The van der Waals surface area contributed by atoms with Crippen LogP contribution in [0.5, 0.6) is 0 Å². The van der Waals surface area contributed by atoms with Gasteiger partial charge in [-0.05, 0) is 23.6 Å². The number of fused-ring (bicyclic) bond motifs is 1. The molecule has 0 saturated carbocycles. The Labute approximate surface area is 95.4 Å². The van der Waals surface area contributed by atoms with Gasteiger partial charge in [0.2, 0.25) is 0 Å². The number of aromatic nitrogens is 2. The van der Waals surface area contributed by atoms with Crippen molar-refractivity contribution in [3.8, 4) is 0 Å². The average Bonchev–Trinajstić information content (AvgIpc) is 2.68. The van der Waals surface area contributed by atoms with Crippen molar-refractivity contribution >= 4 is 17.3 Å². The molecule has 7 heteroatoms. The van der Waals surface area contributed by atoms with Crippen LogP contribution in [0.1, 0.15) is 12.0 Å². The Balaban J connectivity index is 2.13. The first-order chi connectivity index (χ1) is 8.29. The number of hydrogen-bond acceptors (Lipinski definition) is 4. The van der Waals surface area contributed by atoms with Gasteiger partial charge in [-0.15, -0.1) is 0 Å². The maximum atomic E-state index is 10.9. The molecule has 0 bridgehead atoms. The van der Waals surface area contributed by atoms with Crippen LogP contribution >= 0.6 is 0 Å². The first-order valence-electron chi connectivity index (χ1n) is 4.96. The summed E-state index contributed by atoms with van der Waals surface area (Å²) in [7, 11) is 0. The van der Waals surface area contributed by atoms with Crippen molar-refractivity contribution in [2.45, 2.75) is 6.42 Å². The zero-order chi connectivity index (χ0) is 12.1. The molecule has 0 aliphatic rings. The van der Waals surface area contributed by atoms with Gasteiger partial charge >= 0.3 is 5.76 Å². The summed E-state index contributed by atoms with van der Waals surface area (Å²) in [5, 5.41) is 3.41. The zero-order valence-electron chi connectivity index (χ0n) is 8.83. The molecule has 7 nitrogen and oxygen atoms in total. The Bertz CT molecular complexity index is 648. The van der Waals surface area contributed by atoms with Gasteiger partial charge in [-0.25, -0.2) is 9.78 Å².